The summed E-state index contributed by atoms with van der Waals surface area (Å²) in [4.78, 5) is 0. The molecule has 4 heteroatoms. The second-order valence-corrected chi connectivity index (χ2v) is 6.37. The first kappa shape index (κ1) is 14.7. The summed E-state index contributed by atoms with van der Waals surface area (Å²) < 4.78 is 0. The summed E-state index contributed by atoms with van der Waals surface area (Å²) in [5.41, 5.74) is 2.78. The van der Waals surface area contributed by atoms with Gasteiger partial charge in [0, 0.05) is 19.1 Å². The van der Waals surface area contributed by atoms with Crippen LogP contribution in [0.25, 0.3) is 0 Å². The van der Waals surface area contributed by atoms with Crippen LogP contribution in [0.5, 0.6) is 5.75 Å². The normalized spacial score (nSPS) is 26.4. The number of aliphatic hydroxyl groups excluding tert-OH is 1. The Balaban J connectivity index is 1.77. The van der Waals surface area contributed by atoms with E-state index in [1.54, 1.807) is 6.07 Å². The number of aliphatic hydroxyl groups is 1. The van der Waals surface area contributed by atoms with E-state index in [1.165, 1.54) is 32.1 Å². The zero-order chi connectivity index (χ0) is 14.8. The van der Waals surface area contributed by atoms with Crippen molar-refractivity contribution in [2.45, 2.75) is 63.1 Å². The fourth-order valence-corrected chi connectivity index (χ4v) is 3.90. The third-order valence-corrected chi connectivity index (χ3v) is 5.04. The highest BCUT2D eigenvalue weighted by Crippen LogP contribution is 2.39. The van der Waals surface area contributed by atoms with E-state index in [1.807, 2.05) is 13.1 Å². The molecule has 4 N–H and O–H groups in total. The largest absolute Gasteiger partial charge is 0.506 e. The fourth-order valence-electron chi connectivity index (χ4n) is 3.90. The van der Waals surface area contributed by atoms with Crippen LogP contribution in [0.15, 0.2) is 12.1 Å². The molecule has 0 saturated heterocycles. The molecule has 2 aliphatic rings. The molecule has 3 rings (SSSR count). The van der Waals surface area contributed by atoms with Gasteiger partial charge in [0.05, 0.1) is 11.8 Å². The molecule has 0 heterocycles. The Morgan fingerprint density at radius 1 is 1.10 bits per heavy atom. The molecule has 2 aliphatic carbocycles. The Morgan fingerprint density at radius 2 is 1.86 bits per heavy atom. The van der Waals surface area contributed by atoms with Gasteiger partial charge in [-0.1, -0.05) is 25.3 Å². The van der Waals surface area contributed by atoms with Crippen LogP contribution in [0, 0.1) is 0 Å². The van der Waals surface area contributed by atoms with Crippen LogP contribution < -0.4 is 10.6 Å². The lowest BCUT2D eigenvalue weighted by Crippen LogP contribution is -2.45. The summed E-state index contributed by atoms with van der Waals surface area (Å²) in [5, 5.41) is 27.3. The van der Waals surface area contributed by atoms with E-state index in [0.717, 1.165) is 29.7 Å². The van der Waals surface area contributed by atoms with Crippen LogP contribution in [0.4, 0.5) is 5.69 Å². The number of benzene rings is 1. The first-order chi connectivity index (χ1) is 10.2. The zero-order valence-electron chi connectivity index (χ0n) is 12.7. The molecule has 21 heavy (non-hydrogen) atoms. The van der Waals surface area contributed by atoms with E-state index in [-0.39, 0.29) is 11.8 Å². The minimum atomic E-state index is -0.483. The van der Waals surface area contributed by atoms with Crippen molar-refractivity contribution in [1.82, 2.24) is 5.32 Å². The predicted octanol–water partition coefficient (Wildman–Crippen LogP) is 2.70. The number of hydrogen-bond donors (Lipinski definition) is 4. The lowest BCUT2D eigenvalue weighted by molar-refractivity contribution is 0.104. The minimum absolute atomic E-state index is 0.134. The Kier molecular flexibility index (Phi) is 4.36. The van der Waals surface area contributed by atoms with Crippen molar-refractivity contribution < 1.29 is 10.2 Å². The molecule has 1 fully saturated rings. The molecule has 4 nitrogen and oxygen atoms in total. The van der Waals surface area contributed by atoms with E-state index in [0.29, 0.717) is 6.04 Å². The summed E-state index contributed by atoms with van der Waals surface area (Å²) in [6, 6.07) is 4.23. The highest BCUT2D eigenvalue weighted by molar-refractivity contribution is 5.64. The molecule has 0 aliphatic heterocycles. The summed E-state index contributed by atoms with van der Waals surface area (Å²) in [6.07, 6.45) is 7.73. The molecule has 0 bridgehead atoms. The van der Waals surface area contributed by atoms with Crippen LogP contribution >= 0.6 is 0 Å². The minimum Gasteiger partial charge on any atom is -0.506 e. The molecule has 1 saturated carbocycles. The second-order valence-electron chi connectivity index (χ2n) is 6.37. The van der Waals surface area contributed by atoms with Crippen molar-refractivity contribution in [3.05, 3.63) is 23.3 Å². The Labute approximate surface area is 126 Å². The number of hydrogen-bond acceptors (Lipinski definition) is 4. The quantitative estimate of drug-likeness (QED) is 0.646. The van der Waals surface area contributed by atoms with Gasteiger partial charge in [0.1, 0.15) is 5.75 Å². The number of anilines is 1. The SMILES string of the molecule is CNc1c(O)ccc2c1CC[C@H](NC1CCCCC1)[C@H]2O. The van der Waals surface area contributed by atoms with E-state index < -0.39 is 6.10 Å². The molecule has 0 aromatic heterocycles. The number of phenolic OH excluding ortho intramolecular Hbond substituents is 1. The van der Waals surface area contributed by atoms with Crippen LogP contribution in [0.1, 0.15) is 55.8 Å². The smallest absolute Gasteiger partial charge is 0.138 e. The molecular weight excluding hydrogens is 264 g/mol. The first-order valence-corrected chi connectivity index (χ1v) is 8.17. The molecule has 1 aromatic carbocycles. The lowest BCUT2D eigenvalue weighted by Gasteiger charge is -2.36. The molecule has 116 valence electrons. The third-order valence-electron chi connectivity index (χ3n) is 5.04. The summed E-state index contributed by atoms with van der Waals surface area (Å²) in [7, 11) is 1.81. The Bertz CT molecular complexity index is 498. The van der Waals surface area contributed by atoms with Gasteiger partial charge in [-0.25, -0.2) is 0 Å². The maximum Gasteiger partial charge on any atom is 0.138 e. The number of nitrogens with one attached hydrogen (secondary N) is 2. The van der Waals surface area contributed by atoms with Crippen LogP contribution in [-0.4, -0.2) is 29.3 Å². The molecule has 1 aromatic rings. The van der Waals surface area contributed by atoms with E-state index in [9.17, 15) is 10.2 Å². The van der Waals surface area contributed by atoms with Crippen LogP contribution in [0.3, 0.4) is 0 Å². The average molecular weight is 290 g/mol. The standard InChI is InChI=1S/C17H26N2O2/c1-18-16-12-7-9-14(19-11-5-3-2-4-6-11)17(21)13(12)8-10-15(16)20/h8,10-11,14,17-21H,2-7,9H2,1H3/t14-,17-/m0/s1. The summed E-state index contributed by atoms with van der Waals surface area (Å²) >= 11 is 0. The van der Waals surface area contributed by atoms with Crippen LogP contribution in [-0.2, 0) is 6.42 Å². The van der Waals surface area contributed by atoms with E-state index >= 15 is 0 Å². The zero-order valence-corrected chi connectivity index (χ0v) is 12.7. The molecule has 0 unspecified atom stereocenters. The average Bonchev–Trinajstić information content (AvgIpc) is 2.51. The molecule has 2 atom stereocenters. The number of phenols is 1. The second kappa shape index (κ2) is 6.24. The van der Waals surface area contributed by atoms with Crippen molar-refractivity contribution in [3.8, 4) is 5.75 Å². The highest BCUT2D eigenvalue weighted by Gasteiger charge is 2.31. The highest BCUT2D eigenvalue weighted by atomic mass is 16.3. The number of rotatable bonds is 3. The molecule has 0 spiro atoms. The Hall–Kier alpha value is -1.26. The molecule has 0 amide bonds. The molecule has 0 radical (unpaired) electrons. The lowest BCUT2D eigenvalue weighted by atomic mass is 9.83. The Morgan fingerprint density at radius 3 is 2.57 bits per heavy atom. The fraction of sp³-hybridized carbons (Fsp3) is 0.647. The third kappa shape index (κ3) is 2.87. The van der Waals surface area contributed by atoms with Gasteiger partial charge in [0.2, 0.25) is 0 Å². The van der Waals surface area contributed by atoms with Gasteiger partial charge >= 0.3 is 0 Å². The van der Waals surface area contributed by atoms with Gasteiger partial charge in [0.25, 0.3) is 0 Å². The first-order valence-electron chi connectivity index (χ1n) is 8.17. The van der Waals surface area contributed by atoms with Crippen molar-refractivity contribution in [2.75, 3.05) is 12.4 Å². The number of fused-ring (bicyclic) bond motifs is 1. The van der Waals surface area contributed by atoms with Crippen molar-refractivity contribution in [1.29, 1.82) is 0 Å². The van der Waals surface area contributed by atoms with Crippen molar-refractivity contribution >= 4 is 5.69 Å². The van der Waals surface area contributed by atoms with Crippen molar-refractivity contribution in [2.24, 2.45) is 0 Å². The van der Waals surface area contributed by atoms with Crippen molar-refractivity contribution in [3.63, 3.8) is 0 Å². The van der Waals surface area contributed by atoms with E-state index in [4.69, 9.17) is 0 Å². The number of aromatic hydroxyl groups is 1. The van der Waals surface area contributed by atoms with Gasteiger partial charge in [-0.15, -0.1) is 0 Å². The van der Waals surface area contributed by atoms with Gasteiger partial charge in [-0.3, -0.25) is 0 Å². The summed E-state index contributed by atoms with van der Waals surface area (Å²) in [5.74, 6) is 0.266. The van der Waals surface area contributed by atoms with Gasteiger partial charge in [-0.2, -0.15) is 0 Å². The van der Waals surface area contributed by atoms with Gasteiger partial charge < -0.3 is 20.8 Å². The molecular formula is C17H26N2O2. The monoisotopic (exact) mass is 290 g/mol. The van der Waals surface area contributed by atoms with Gasteiger partial charge in [-0.05, 0) is 42.9 Å². The maximum atomic E-state index is 10.7. The van der Waals surface area contributed by atoms with Gasteiger partial charge in [0.15, 0.2) is 0 Å². The maximum absolute atomic E-state index is 10.7. The predicted molar refractivity (Wildman–Crippen MR) is 84.7 cm³/mol. The topological polar surface area (TPSA) is 64.5 Å². The van der Waals surface area contributed by atoms with E-state index in [2.05, 4.69) is 10.6 Å². The summed E-state index contributed by atoms with van der Waals surface area (Å²) in [6.45, 7) is 0. The van der Waals surface area contributed by atoms with Crippen LogP contribution in [0.2, 0.25) is 0 Å².